The predicted molar refractivity (Wildman–Crippen MR) is 88.3 cm³/mol. The first-order valence-corrected chi connectivity index (χ1v) is 8.76. The molecule has 3 rings (SSSR count). The number of hydrogen-bond donors (Lipinski definition) is 3. The minimum Gasteiger partial charge on any atom is -0.356 e. The number of halogens is 2. The lowest BCUT2D eigenvalue weighted by molar-refractivity contribution is -0.135. The van der Waals surface area contributed by atoms with Crippen molar-refractivity contribution in [2.75, 3.05) is 11.5 Å². The van der Waals surface area contributed by atoms with Crippen LogP contribution in [0.2, 0.25) is 5.02 Å². The SMILES string of the molecule is O=C(NO)C1(NCc2cc(-c3ccc(Cl)cc3F)on2)CCSC1. The number of carbonyl (C=O) groups is 1. The minimum atomic E-state index is -0.843. The fourth-order valence-electron chi connectivity index (χ4n) is 2.54. The van der Waals surface area contributed by atoms with E-state index >= 15 is 0 Å². The van der Waals surface area contributed by atoms with Gasteiger partial charge in [-0.1, -0.05) is 16.8 Å². The van der Waals surface area contributed by atoms with E-state index in [2.05, 4.69) is 10.5 Å². The Morgan fingerprint density at radius 1 is 1.50 bits per heavy atom. The summed E-state index contributed by atoms with van der Waals surface area (Å²) in [4.78, 5) is 11.9. The molecule has 1 aliphatic rings. The summed E-state index contributed by atoms with van der Waals surface area (Å²) in [5.41, 5.74) is 1.65. The van der Waals surface area contributed by atoms with Crippen LogP contribution in [0.4, 0.5) is 4.39 Å². The molecular weight excluding hydrogens is 357 g/mol. The number of thioether (sulfide) groups is 1. The summed E-state index contributed by atoms with van der Waals surface area (Å²) in [6.07, 6.45) is 0.598. The maximum Gasteiger partial charge on any atom is 0.264 e. The minimum absolute atomic E-state index is 0.257. The molecule has 1 atom stereocenters. The standard InChI is InChI=1S/C15H15ClFN3O3S/c16-9-1-2-11(12(17)5-9)13-6-10(20-23-13)7-18-15(14(21)19-22)3-4-24-8-15/h1-2,5-6,18,22H,3-4,7-8H2,(H,19,21). The third-order valence-electron chi connectivity index (χ3n) is 3.92. The number of carbonyl (C=O) groups excluding carboxylic acids is 1. The lowest BCUT2D eigenvalue weighted by Gasteiger charge is -2.26. The van der Waals surface area contributed by atoms with Crippen molar-refractivity contribution in [3.8, 4) is 11.3 Å². The van der Waals surface area contributed by atoms with Gasteiger partial charge in [0.25, 0.3) is 5.91 Å². The van der Waals surface area contributed by atoms with E-state index in [1.165, 1.54) is 12.1 Å². The molecule has 0 spiro atoms. The third kappa shape index (κ3) is 3.41. The highest BCUT2D eigenvalue weighted by molar-refractivity contribution is 7.99. The molecule has 2 heterocycles. The predicted octanol–water partition coefficient (Wildman–Crippen LogP) is 2.60. The topological polar surface area (TPSA) is 87.4 Å². The van der Waals surface area contributed by atoms with Gasteiger partial charge < -0.3 is 4.52 Å². The molecule has 24 heavy (non-hydrogen) atoms. The van der Waals surface area contributed by atoms with E-state index in [1.54, 1.807) is 29.4 Å². The Morgan fingerprint density at radius 2 is 2.33 bits per heavy atom. The summed E-state index contributed by atoms with van der Waals surface area (Å²) in [6, 6.07) is 5.89. The van der Waals surface area contributed by atoms with Crippen LogP contribution in [0.1, 0.15) is 12.1 Å². The van der Waals surface area contributed by atoms with Gasteiger partial charge in [0.15, 0.2) is 5.76 Å². The van der Waals surface area contributed by atoms with Gasteiger partial charge in [0.05, 0.1) is 11.3 Å². The Kier molecular flexibility index (Phi) is 5.09. The zero-order valence-corrected chi connectivity index (χ0v) is 14.1. The van der Waals surface area contributed by atoms with Crippen molar-refractivity contribution in [2.45, 2.75) is 18.5 Å². The van der Waals surface area contributed by atoms with Crippen molar-refractivity contribution in [3.63, 3.8) is 0 Å². The van der Waals surface area contributed by atoms with Crippen molar-refractivity contribution in [2.24, 2.45) is 0 Å². The fraction of sp³-hybridized carbons (Fsp3) is 0.333. The van der Waals surface area contributed by atoms with Crippen LogP contribution in [-0.2, 0) is 11.3 Å². The largest absolute Gasteiger partial charge is 0.356 e. The Hall–Kier alpha value is -1.61. The third-order valence-corrected chi connectivity index (χ3v) is 5.35. The molecule has 128 valence electrons. The van der Waals surface area contributed by atoms with Gasteiger partial charge >= 0.3 is 0 Å². The summed E-state index contributed by atoms with van der Waals surface area (Å²) in [5, 5.41) is 16.2. The molecule has 1 fully saturated rings. The summed E-state index contributed by atoms with van der Waals surface area (Å²) in [5.74, 6) is 0.681. The second kappa shape index (κ2) is 7.10. The number of rotatable bonds is 5. The smallest absolute Gasteiger partial charge is 0.264 e. The number of aromatic nitrogens is 1. The first-order valence-electron chi connectivity index (χ1n) is 7.22. The number of hydrogen-bond acceptors (Lipinski definition) is 6. The van der Waals surface area contributed by atoms with E-state index in [9.17, 15) is 9.18 Å². The average molecular weight is 372 g/mol. The van der Waals surface area contributed by atoms with E-state index in [1.807, 2.05) is 0 Å². The van der Waals surface area contributed by atoms with Crippen molar-refractivity contribution in [1.29, 1.82) is 0 Å². The van der Waals surface area contributed by atoms with Crippen LogP contribution in [0.15, 0.2) is 28.8 Å². The quantitative estimate of drug-likeness (QED) is 0.553. The summed E-state index contributed by atoms with van der Waals surface area (Å²) in [7, 11) is 0. The molecule has 1 amide bonds. The molecule has 1 unspecified atom stereocenters. The van der Waals surface area contributed by atoms with Gasteiger partial charge in [-0.3, -0.25) is 15.3 Å². The van der Waals surface area contributed by atoms with Crippen molar-refractivity contribution < 1.29 is 18.9 Å². The highest BCUT2D eigenvalue weighted by Gasteiger charge is 2.41. The summed E-state index contributed by atoms with van der Waals surface area (Å²) >= 11 is 7.36. The van der Waals surface area contributed by atoms with Crippen LogP contribution in [-0.4, -0.2) is 33.3 Å². The lowest BCUT2D eigenvalue weighted by atomic mass is 9.98. The van der Waals surface area contributed by atoms with E-state index < -0.39 is 17.3 Å². The first-order chi connectivity index (χ1) is 11.5. The van der Waals surface area contributed by atoms with E-state index in [4.69, 9.17) is 21.3 Å². The van der Waals surface area contributed by atoms with Crippen LogP contribution in [0.3, 0.4) is 0 Å². The number of nitrogens with zero attached hydrogens (tertiary/aromatic N) is 1. The van der Waals surface area contributed by atoms with Crippen LogP contribution >= 0.6 is 23.4 Å². The highest BCUT2D eigenvalue weighted by Crippen LogP contribution is 2.29. The Morgan fingerprint density at radius 3 is 3.00 bits per heavy atom. The van der Waals surface area contributed by atoms with Gasteiger partial charge in [-0.25, -0.2) is 9.87 Å². The molecule has 0 saturated carbocycles. The van der Waals surface area contributed by atoms with Gasteiger partial charge in [-0.15, -0.1) is 0 Å². The molecular formula is C15H15ClFN3O3S. The number of nitrogens with one attached hydrogen (secondary N) is 2. The molecule has 0 bridgehead atoms. The summed E-state index contributed by atoms with van der Waals surface area (Å²) in [6.45, 7) is 0.257. The van der Waals surface area contributed by atoms with Gasteiger partial charge in [-0.05, 0) is 30.4 Å². The van der Waals surface area contributed by atoms with Crippen molar-refractivity contribution >= 4 is 29.3 Å². The van der Waals surface area contributed by atoms with Gasteiger partial charge in [0, 0.05) is 23.4 Å². The summed E-state index contributed by atoms with van der Waals surface area (Å²) < 4.78 is 19.1. The number of benzene rings is 1. The van der Waals surface area contributed by atoms with Gasteiger partial charge in [0.2, 0.25) is 0 Å². The number of hydroxylamine groups is 1. The normalized spacial score (nSPS) is 20.3. The van der Waals surface area contributed by atoms with Gasteiger partial charge in [0.1, 0.15) is 11.4 Å². The Balaban J connectivity index is 1.73. The van der Waals surface area contributed by atoms with Crippen molar-refractivity contribution in [1.82, 2.24) is 16.0 Å². The van der Waals surface area contributed by atoms with Crippen LogP contribution in [0.25, 0.3) is 11.3 Å². The lowest BCUT2D eigenvalue weighted by Crippen LogP contribution is -2.56. The van der Waals surface area contributed by atoms with Crippen LogP contribution < -0.4 is 10.8 Å². The Bertz CT molecular complexity index is 749. The zero-order chi connectivity index (χ0) is 17.2. The average Bonchev–Trinajstić information content (AvgIpc) is 3.22. The molecule has 1 saturated heterocycles. The molecule has 3 N–H and O–H groups in total. The molecule has 2 aromatic rings. The molecule has 6 nitrogen and oxygen atoms in total. The van der Waals surface area contributed by atoms with Crippen LogP contribution in [0.5, 0.6) is 0 Å². The monoisotopic (exact) mass is 371 g/mol. The van der Waals surface area contributed by atoms with E-state index in [-0.39, 0.29) is 17.9 Å². The van der Waals surface area contributed by atoms with E-state index in [0.717, 1.165) is 5.75 Å². The maximum absolute atomic E-state index is 13.9. The zero-order valence-electron chi connectivity index (χ0n) is 12.5. The fourth-order valence-corrected chi connectivity index (χ4v) is 4.06. The van der Waals surface area contributed by atoms with Crippen molar-refractivity contribution in [3.05, 3.63) is 40.8 Å². The number of amides is 1. The molecule has 0 aliphatic carbocycles. The molecule has 1 aliphatic heterocycles. The van der Waals surface area contributed by atoms with Crippen LogP contribution in [0, 0.1) is 5.82 Å². The first kappa shape index (κ1) is 17.2. The second-order valence-electron chi connectivity index (χ2n) is 5.49. The van der Waals surface area contributed by atoms with E-state index in [0.29, 0.717) is 22.9 Å². The highest BCUT2D eigenvalue weighted by atomic mass is 35.5. The molecule has 1 aromatic carbocycles. The molecule has 0 radical (unpaired) electrons. The second-order valence-corrected chi connectivity index (χ2v) is 7.03. The Labute approximate surface area is 146 Å². The molecule has 9 heteroatoms. The molecule has 1 aromatic heterocycles. The van der Waals surface area contributed by atoms with Gasteiger partial charge in [-0.2, -0.15) is 11.8 Å². The maximum atomic E-state index is 13.9.